The van der Waals surface area contributed by atoms with Gasteiger partial charge in [0.05, 0.1) is 4.92 Å². The summed E-state index contributed by atoms with van der Waals surface area (Å²) >= 11 is 0. The van der Waals surface area contributed by atoms with Crippen molar-refractivity contribution in [3.8, 4) is 0 Å². The Kier molecular flexibility index (Phi) is 3.50. The van der Waals surface area contributed by atoms with Crippen LogP contribution in [0.15, 0.2) is 29.4 Å². The summed E-state index contributed by atoms with van der Waals surface area (Å²) in [6.45, 7) is 6.77. The van der Waals surface area contributed by atoms with Crippen LogP contribution in [0.5, 0.6) is 0 Å². The number of amides is 1. The van der Waals surface area contributed by atoms with E-state index in [1.165, 1.54) is 24.6 Å². The van der Waals surface area contributed by atoms with Crippen LogP contribution in [0, 0.1) is 26.9 Å². The van der Waals surface area contributed by atoms with E-state index < -0.39 is 10.8 Å². The van der Waals surface area contributed by atoms with Gasteiger partial charge >= 0.3 is 0 Å². The lowest BCUT2D eigenvalue weighted by molar-refractivity contribution is -0.384. The van der Waals surface area contributed by atoms with Gasteiger partial charge in [-0.2, -0.15) is 5.10 Å². The highest BCUT2D eigenvalue weighted by Gasteiger charge is 2.60. The molecule has 0 unspecified atom stereocenters. The van der Waals surface area contributed by atoms with E-state index in [0.717, 1.165) is 18.6 Å². The fourth-order valence-electron chi connectivity index (χ4n) is 4.04. The molecule has 1 aromatic carbocycles. The molecule has 1 amide bonds. The van der Waals surface area contributed by atoms with Crippen LogP contribution in [0.25, 0.3) is 0 Å². The van der Waals surface area contributed by atoms with Gasteiger partial charge in [-0.15, -0.1) is 0 Å². The first-order valence-corrected chi connectivity index (χ1v) is 7.87. The van der Waals surface area contributed by atoms with Crippen molar-refractivity contribution in [1.82, 2.24) is 5.43 Å². The van der Waals surface area contributed by atoms with Crippen LogP contribution in [0.3, 0.4) is 0 Å². The maximum Gasteiger partial charge on any atom is 0.271 e. The average Bonchev–Trinajstić information content (AvgIpc) is 2.85. The Bertz CT molecular complexity index is 711. The third kappa shape index (κ3) is 2.33. The van der Waals surface area contributed by atoms with Crippen molar-refractivity contribution >= 4 is 17.3 Å². The Balaban J connectivity index is 1.78. The van der Waals surface area contributed by atoms with Crippen LogP contribution in [-0.2, 0) is 0 Å². The van der Waals surface area contributed by atoms with Crippen LogP contribution in [-0.4, -0.2) is 16.5 Å². The number of hydrogen-bond acceptors (Lipinski definition) is 4. The Morgan fingerprint density at radius 1 is 1.39 bits per heavy atom. The minimum atomic E-state index is -0.512. The van der Waals surface area contributed by atoms with Crippen LogP contribution in [0.4, 0.5) is 5.69 Å². The molecule has 0 saturated heterocycles. The average molecular weight is 315 g/mol. The van der Waals surface area contributed by atoms with Crippen LogP contribution < -0.4 is 5.43 Å². The highest BCUT2D eigenvalue weighted by Crippen LogP contribution is 2.63. The van der Waals surface area contributed by atoms with Crippen molar-refractivity contribution in [2.75, 3.05) is 0 Å². The summed E-state index contributed by atoms with van der Waals surface area (Å²) in [4.78, 5) is 22.5. The van der Waals surface area contributed by atoms with Gasteiger partial charge in [0.25, 0.3) is 11.6 Å². The summed E-state index contributed by atoms with van der Waals surface area (Å²) in [5, 5.41) is 15.2. The SMILES string of the molecule is CC1(C)[C@@H]2CC[C@]1(C)/C(=N/NC(=O)c1cccc([N+](=O)[O-])c1)C2. The summed E-state index contributed by atoms with van der Waals surface area (Å²) in [5.74, 6) is 0.200. The van der Waals surface area contributed by atoms with Crippen molar-refractivity contribution in [3.05, 3.63) is 39.9 Å². The van der Waals surface area contributed by atoms with Crippen molar-refractivity contribution in [3.63, 3.8) is 0 Å². The molecule has 23 heavy (non-hydrogen) atoms. The Hall–Kier alpha value is -2.24. The molecule has 1 N–H and O–H groups in total. The maximum absolute atomic E-state index is 12.2. The molecule has 2 saturated carbocycles. The lowest BCUT2D eigenvalue weighted by Crippen LogP contribution is -2.34. The van der Waals surface area contributed by atoms with E-state index in [4.69, 9.17) is 0 Å². The molecule has 2 aliphatic rings. The number of nitro benzene ring substituents is 1. The molecule has 2 aliphatic carbocycles. The number of hydrogen-bond donors (Lipinski definition) is 1. The number of fused-ring (bicyclic) bond motifs is 2. The van der Waals surface area contributed by atoms with Gasteiger partial charge in [-0.3, -0.25) is 14.9 Å². The minimum Gasteiger partial charge on any atom is -0.267 e. The van der Waals surface area contributed by atoms with Gasteiger partial charge in [0, 0.05) is 28.8 Å². The van der Waals surface area contributed by atoms with Crippen molar-refractivity contribution < 1.29 is 9.72 Å². The Labute approximate surface area is 135 Å². The predicted molar refractivity (Wildman–Crippen MR) is 87.2 cm³/mol. The highest BCUT2D eigenvalue weighted by molar-refractivity contribution is 5.98. The van der Waals surface area contributed by atoms with Gasteiger partial charge in [0.15, 0.2) is 0 Å². The van der Waals surface area contributed by atoms with E-state index in [2.05, 4.69) is 31.3 Å². The number of carbonyl (C=O) groups excluding carboxylic acids is 1. The number of nitrogens with zero attached hydrogens (tertiary/aromatic N) is 2. The molecule has 0 aromatic heterocycles. The van der Waals surface area contributed by atoms with Gasteiger partial charge < -0.3 is 0 Å². The summed E-state index contributed by atoms with van der Waals surface area (Å²) < 4.78 is 0. The molecule has 0 radical (unpaired) electrons. The van der Waals surface area contributed by atoms with E-state index in [1.54, 1.807) is 6.07 Å². The second-order valence-electron chi connectivity index (χ2n) is 7.30. The number of rotatable bonds is 3. The van der Waals surface area contributed by atoms with E-state index in [0.29, 0.717) is 5.92 Å². The molecule has 6 nitrogen and oxygen atoms in total. The van der Waals surface area contributed by atoms with Crippen LogP contribution >= 0.6 is 0 Å². The normalized spacial score (nSPS) is 29.7. The van der Waals surface area contributed by atoms with Gasteiger partial charge in [-0.1, -0.05) is 26.8 Å². The van der Waals surface area contributed by atoms with E-state index in [1.807, 2.05) is 0 Å². The van der Waals surface area contributed by atoms with Gasteiger partial charge in [0.2, 0.25) is 0 Å². The minimum absolute atomic E-state index is 0.0215. The summed E-state index contributed by atoms with van der Waals surface area (Å²) in [6.07, 6.45) is 3.22. The molecule has 3 rings (SSSR count). The molecule has 2 atom stereocenters. The fourth-order valence-corrected chi connectivity index (χ4v) is 4.04. The third-order valence-corrected chi connectivity index (χ3v) is 6.12. The van der Waals surface area contributed by atoms with Gasteiger partial charge in [-0.05, 0) is 36.7 Å². The standard InChI is InChI=1S/C17H21N3O3/c1-16(2)12-7-8-17(16,3)14(10-12)18-19-15(21)11-5-4-6-13(9-11)20(22)23/h4-6,9,12H,7-8,10H2,1-3H3,(H,19,21)/b18-14+/t12-,17-/m1/s1. The second-order valence-corrected chi connectivity index (χ2v) is 7.30. The summed E-state index contributed by atoms with van der Waals surface area (Å²) in [6, 6.07) is 5.68. The first-order valence-electron chi connectivity index (χ1n) is 7.87. The molecule has 0 heterocycles. The van der Waals surface area contributed by atoms with Gasteiger partial charge in [-0.25, -0.2) is 5.43 Å². The first-order chi connectivity index (χ1) is 10.8. The zero-order valence-electron chi connectivity index (χ0n) is 13.6. The maximum atomic E-state index is 12.2. The molecular formula is C17H21N3O3. The monoisotopic (exact) mass is 315 g/mol. The Morgan fingerprint density at radius 2 is 2.13 bits per heavy atom. The van der Waals surface area contributed by atoms with Crippen molar-refractivity contribution in [2.24, 2.45) is 21.8 Å². The topological polar surface area (TPSA) is 84.6 Å². The molecule has 6 heteroatoms. The smallest absolute Gasteiger partial charge is 0.267 e. The number of benzene rings is 1. The summed E-state index contributed by atoms with van der Waals surface area (Å²) in [7, 11) is 0. The molecule has 1 aromatic rings. The van der Waals surface area contributed by atoms with Gasteiger partial charge in [0.1, 0.15) is 0 Å². The number of carbonyl (C=O) groups is 1. The zero-order valence-corrected chi connectivity index (χ0v) is 13.6. The van der Waals surface area contributed by atoms with Crippen molar-refractivity contribution in [1.29, 1.82) is 0 Å². The molecular weight excluding hydrogens is 294 g/mol. The predicted octanol–water partition coefficient (Wildman–Crippen LogP) is 3.53. The zero-order chi connectivity index (χ0) is 16.8. The molecule has 2 fully saturated rings. The third-order valence-electron chi connectivity index (χ3n) is 6.12. The molecule has 0 spiro atoms. The number of nitro groups is 1. The quantitative estimate of drug-likeness (QED) is 0.684. The number of non-ortho nitro benzene ring substituents is 1. The number of hydrazone groups is 1. The lowest BCUT2D eigenvalue weighted by atomic mass is 9.70. The van der Waals surface area contributed by atoms with Crippen molar-refractivity contribution in [2.45, 2.75) is 40.0 Å². The highest BCUT2D eigenvalue weighted by atomic mass is 16.6. The summed E-state index contributed by atoms with van der Waals surface area (Å²) in [5.41, 5.74) is 3.99. The van der Waals surface area contributed by atoms with Crippen LogP contribution in [0.2, 0.25) is 0 Å². The van der Waals surface area contributed by atoms with E-state index in [-0.39, 0.29) is 22.1 Å². The number of nitrogens with one attached hydrogen (secondary N) is 1. The van der Waals surface area contributed by atoms with E-state index in [9.17, 15) is 14.9 Å². The van der Waals surface area contributed by atoms with Crippen LogP contribution in [0.1, 0.15) is 50.4 Å². The fraction of sp³-hybridized carbons (Fsp3) is 0.529. The molecule has 2 bridgehead atoms. The van der Waals surface area contributed by atoms with E-state index >= 15 is 0 Å². The first kappa shape index (κ1) is 15.6. The molecule has 0 aliphatic heterocycles. The largest absolute Gasteiger partial charge is 0.271 e. The molecule has 122 valence electrons. The Morgan fingerprint density at radius 3 is 2.70 bits per heavy atom. The lowest BCUT2D eigenvalue weighted by Gasteiger charge is -2.34. The second kappa shape index (κ2) is 5.15.